The molecule has 1 aliphatic heterocycles. The summed E-state index contributed by atoms with van der Waals surface area (Å²) in [6.45, 7) is 0. The van der Waals surface area contributed by atoms with E-state index in [9.17, 15) is 4.79 Å². The smallest absolute Gasteiger partial charge is 0.234 e. The molecule has 0 unspecified atom stereocenters. The molecule has 2 rings (SSSR count). The van der Waals surface area contributed by atoms with E-state index in [0.29, 0.717) is 6.04 Å². The molecule has 2 aliphatic rings. The van der Waals surface area contributed by atoms with Crippen LogP contribution in [0.4, 0.5) is 0 Å². The number of carbonyl (C=O) groups excluding carboxylic acids is 1. The number of fused-ring (bicyclic) bond motifs is 1. The molecule has 68 valence electrons. The Balaban J connectivity index is 1.98. The summed E-state index contributed by atoms with van der Waals surface area (Å²) in [5, 5.41) is 3.32. The van der Waals surface area contributed by atoms with Crippen molar-refractivity contribution in [2.24, 2.45) is 11.7 Å². The average Bonchev–Trinajstić information content (AvgIpc) is 2.46. The lowest BCUT2D eigenvalue weighted by Crippen LogP contribution is -2.40. The minimum Gasteiger partial charge on any atom is -0.368 e. The molecular formula is C9H16N2O. The third-order valence-electron chi connectivity index (χ3n) is 3.21. The van der Waals surface area contributed by atoms with Crippen LogP contribution < -0.4 is 11.1 Å². The number of amides is 1. The normalized spacial score (nSPS) is 40.8. The maximum absolute atomic E-state index is 10.9. The van der Waals surface area contributed by atoms with Crippen molar-refractivity contribution in [1.82, 2.24) is 5.32 Å². The van der Waals surface area contributed by atoms with Crippen molar-refractivity contribution in [3.05, 3.63) is 0 Å². The van der Waals surface area contributed by atoms with Crippen LogP contribution in [-0.2, 0) is 4.79 Å². The molecule has 1 amide bonds. The van der Waals surface area contributed by atoms with Gasteiger partial charge in [-0.1, -0.05) is 12.8 Å². The van der Waals surface area contributed by atoms with Gasteiger partial charge in [0.15, 0.2) is 0 Å². The van der Waals surface area contributed by atoms with Gasteiger partial charge in [-0.15, -0.1) is 0 Å². The number of rotatable bonds is 1. The van der Waals surface area contributed by atoms with Gasteiger partial charge >= 0.3 is 0 Å². The molecule has 0 bridgehead atoms. The van der Waals surface area contributed by atoms with E-state index in [1.807, 2.05) is 0 Å². The van der Waals surface area contributed by atoms with E-state index in [4.69, 9.17) is 5.73 Å². The van der Waals surface area contributed by atoms with Gasteiger partial charge in [0, 0.05) is 6.04 Å². The fourth-order valence-corrected chi connectivity index (χ4v) is 2.54. The number of nitrogens with one attached hydrogen (secondary N) is 1. The first-order valence-electron chi connectivity index (χ1n) is 4.83. The van der Waals surface area contributed by atoms with Crippen LogP contribution in [0.3, 0.4) is 0 Å². The van der Waals surface area contributed by atoms with Gasteiger partial charge in [-0.3, -0.25) is 4.79 Å². The van der Waals surface area contributed by atoms with Crippen molar-refractivity contribution in [2.45, 2.75) is 44.2 Å². The van der Waals surface area contributed by atoms with Gasteiger partial charge in [0.25, 0.3) is 0 Å². The van der Waals surface area contributed by atoms with E-state index < -0.39 is 0 Å². The second kappa shape index (κ2) is 3.05. The highest BCUT2D eigenvalue weighted by Crippen LogP contribution is 2.32. The Hall–Kier alpha value is -0.570. The van der Waals surface area contributed by atoms with Crippen LogP contribution in [0.2, 0.25) is 0 Å². The Morgan fingerprint density at radius 1 is 1.33 bits per heavy atom. The lowest BCUT2D eigenvalue weighted by atomic mass is 9.85. The summed E-state index contributed by atoms with van der Waals surface area (Å²) in [6.07, 6.45) is 6.11. The summed E-state index contributed by atoms with van der Waals surface area (Å²) in [7, 11) is 0. The standard InChI is InChI=1S/C9H16N2O/c10-9(12)8-5-6-3-1-2-4-7(6)11-8/h6-8,11H,1-5H2,(H2,10,12)/t6-,7-,8+/m0/s1. The summed E-state index contributed by atoms with van der Waals surface area (Å²) in [5.74, 6) is 0.542. The monoisotopic (exact) mass is 168 g/mol. The molecule has 3 heteroatoms. The zero-order chi connectivity index (χ0) is 8.55. The number of nitrogens with two attached hydrogens (primary N) is 1. The topological polar surface area (TPSA) is 55.1 Å². The molecule has 1 aliphatic carbocycles. The quantitative estimate of drug-likeness (QED) is 0.595. The van der Waals surface area contributed by atoms with Crippen molar-refractivity contribution < 1.29 is 4.79 Å². The summed E-state index contributed by atoms with van der Waals surface area (Å²) < 4.78 is 0. The number of hydrogen-bond donors (Lipinski definition) is 2. The summed E-state index contributed by atoms with van der Waals surface area (Å²) in [6, 6.07) is 0.536. The Kier molecular flexibility index (Phi) is 2.05. The van der Waals surface area contributed by atoms with Crippen molar-refractivity contribution >= 4 is 5.91 Å². The molecule has 1 saturated carbocycles. The SMILES string of the molecule is NC(=O)[C@H]1C[C@@H]2CCCC[C@@H]2N1. The zero-order valence-electron chi connectivity index (χ0n) is 7.25. The molecule has 1 heterocycles. The van der Waals surface area contributed by atoms with E-state index in [0.717, 1.165) is 12.3 Å². The summed E-state index contributed by atoms with van der Waals surface area (Å²) in [4.78, 5) is 10.9. The Labute approximate surface area is 72.7 Å². The lowest BCUT2D eigenvalue weighted by Gasteiger charge is -2.24. The maximum atomic E-state index is 10.9. The van der Waals surface area contributed by atoms with Crippen LogP contribution in [0.25, 0.3) is 0 Å². The fraction of sp³-hybridized carbons (Fsp3) is 0.889. The molecule has 2 fully saturated rings. The lowest BCUT2D eigenvalue weighted by molar-refractivity contribution is -0.119. The fourth-order valence-electron chi connectivity index (χ4n) is 2.54. The van der Waals surface area contributed by atoms with Gasteiger partial charge < -0.3 is 11.1 Å². The molecule has 3 atom stereocenters. The molecule has 0 aromatic rings. The number of carbonyl (C=O) groups is 1. The first-order chi connectivity index (χ1) is 5.77. The van der Waals surface area contributed by atoms with E-state index in [1.54, 1.807) is 0 Å². The van der Waals surface area contributed by atoms with Gasteiger partial charge in [0.05, 0.1) is 6.04 Å². The predicted molar refractivity (Wildman–Crippen MR) is 46.5 cm³/mol. The van der Waals surface area contributed by atoms with Crippen LogP contribution in [0, 0.1) is 5.92 Å². The first-order valence-corrected chi connectivity index (χ1v) is 4.83. The van der Waals surface area contributed by atoms with Crippen LogP contribution in [0.1, 0.15) is 32.1 Å². The van der Waals surface area contributed by atoms with E-state index in [1.165, 1.54) is 25.7 Å². The highest BCUT2D eigenvalue weighted by molar-refractivity contribution is 5.80. The molecular weight excluding hydrogens is 152 g/mol. The van der Waals surface area contributed by atoms with Crippen LogP contribution in [0.15, 0.2) is 0 Å². The zero-order valence-corrected chi connectivity index (χ0v) is 7.25. The van der Waals surface area contributed by atoms with Crippen LogP contribution in [0.5, 0.6) is 0 Å². The van der Waals surface area contributed by atoms with Crippen LogP contribution >= 0.6 is 0 Å². The Bertz CT molecular complexity index is 179. The Morgan fingerprint density at radius 3 is 2.75 bits per heavy atom. The van der Waals surface area contributed by atoms with Gasteiger partial charge in [0.1, 0.15) is 0 Å². The second-order valence-electron chi connectivity index (χ2n) is 4.01. The van der Waals surface area contributed by atoms with Crippen LogP contribution in [-0.4, -0.2) is 18.0 Å². The van der Waals surface area contributed by atoms with Crippen molar-refractivity contribution in [2.75, 3.05) is 0 Å². The van der Waals surface area contributed by atoms with E-state index in [-0.39, 0.29) is 11.9 Å². The highest BCUT2D eigenvalue weighted by atomic mass is 16.1. The summed E-state index contributed by atoms with van der Waals surface area (Å²) >= 11 is 0. The number of hydrogen-bond acceptors (Lipinski definition) is 2. The average molecular weight is 168 g/mol. The van der Waals surface area contributed by atoms with E-state index >= 15 is 0 Å². The first kappa shape index (κ1) is 8.05. The molecule has 0 spiro atoms. The third kappa shape index (κ3) is 1.33. The van der Waals surface area contributed by atoms with Crippen molar-refractivity contribution in [1.29, 1.82) is 0 Å². The minimum atomic E-state index is -0.176. The Morgan fingerprint density at radius 2 is 2.08 bits per heavy atom. The molecule has 0 aromatic carbocycles. The van der Waals surface area contributed by atoms with Crippen molar-refractivity contribution in [3.63, 3.8) is 0 Å². The molecule has 12 heavy (non-hydrogen) atoms. The van der Waals surface area contributed by atoms with Gasteiger partial charge in [0.2, 0.25) is 5.91 Å². The summed E-state index contributed by atoms with van der Waals surface area (Å²) in [5.41, 5.74) is 5.25. The number of primary amides is 1. The highest BCUT2D eigenvalue weighted by Gasteiger charge is 2.37. The van der Waals surface area contributed by atoms with Gasteiger partial charge in [-0.25, -0.2) is 0 Å². The molecule has 3 nitrogen and oxygen atoms in total. The molecule has 0 aromatic heterocycles. The van der Waals surface area contributed by atoms with Crippen molar-refractivity contribution in [3.8, 4) is 0 Å². The van der Waals surface area contributed by atoms with Gasteiger partial charge in [-0.05, 0) is 25.2 Å². The molecule has 3 N–H and O–H groups in total. The van der Waals surface area contributed by atoms with E-state index in [2.05, 4.69) is 5.32 Å². The third-order valence-corrected chi connectivity index (χ3v) is 3.21. The molecule has 1 saturated heterocycles. The minimum absolute atomic E-state index is 0.0434. The predicted octanol–water partition coefficient (Wildman–Crippen LogP) is 0.392. The second-order valence-corrected chi connectivity index (χ2v) is 4.01. The molecule has 0 radical (unpaired) electrons. The largest absolute Gasteiger partial charge is 0.368 e. The maximum Gasteiger partial charge on any atom is 0.234 e. The van der Waals surface area contributed by atoms with Gasteiger partial charge in [-0.2, -0.15) is 0 Å².